The van der Waals surface area contributed by atoms with E-state index in [0.29, 0.717) is 17.8 Å². The van der Waals surface area contributed by atoms with Gasteiger partial charge in [0.25, 0.3) is 0 Å². The lowest BCUT2D eigenvalue weighted by Gasteiger charge is -2.40. The second-order valence-electron chi connectivity index (χ2n) is 14.6. The van der Waals surface area contributed by atoms with E-state index in [2.05, 4.69) is 162 Å². The minimum absolute atomic E-state index is 0.201. The summed E-state index contributed by atoms with van der Waals surface area (Å²) in [6, 6.07) is 44.1. The van der Waals surface area contributed by atoms with Crippen molar-refractivity contribution >= 4 is 71.7 Å². The van der Waals surface area contributed by atoms with E-state index in [0.717, 1.165) is 0 Å². The molecule has 1 aromatic heterocycles. The minimum atomic E-state index is 0.201. The van der Waals surface area contributed by atoms with Gasteiger partial charge in [0, 0.05) is 37.2 Å². The third-order valence-electron chi connectivity index (χ3n) is 10.8. The number of benzene rings is 6. The van der Waals surface area contributed by atoms with E-state index >= 15 is 0 Å². The van der Waals surface area contributed by atoms with E-state index in [1.165, 1.54) is 92.6 Å². The summed E-state index contributed by atoms with van der Waals surface area (Å²) in [5, 5.41) is 2.71. The van der Waals surface area contributed by atoms with E-state index in [-0.39, 0.29) is 6.71 Å². The van der Waals surface area contributed by atoms with E-state index in [1.54, 1.807) is 0 Å². The molecule has 0 bridgehead atoms. The number of hydrogen-bond donors (Lipinski definition) is 0. The molecule has 234 valence electrons. The highest BCUT2D eigenvalue weighted by molar-refractivity contribution is 7.26. The molecule has 6 aromatic carbocycles. The Bertz CT molecular complexity index is 2410. The Morgan fingerprint density at radius 3 is 1.98 bits per heavy atom. The van der Waals surface area contributed by atoms with Crippen molar-refractivity contribution in [2.75, 3.05) is 4.90 Å². The molecule has 3 heterocycles. The molecule has 0 saturated carbocycles. The highest BCUT2D eigenvalue weighted by atomic mass is 32.1. The molecule has 0 saturated heterocycles. The largest absolute Gasteiger partial charge is 0.311 e. The van der Waals surface area contributed by atoms with Gasteiger partial charge in [-0.15, -0.1) is 11.3 Å². The van der Waals surface area contributed by atoms with Crippen LogP contribution >= 0.6 is 11.3 Å². The van der Waals surface area contributed by atoms with E-state index in [1.807, 2.05) is 11.3 Å². The van der Waals surface area contributed by atoms with Gasteiger partial charge in [-0.2, -0.15) is 0 Å². The first-order valence-corrected chi connectivity index (χ1v) is 18.4. The smallest absolute Gasteiger partial charge is 0.248 e. The van der Waals surface area contributed by atoms with Gasteiger partial charge >= 0.3 is 0 Å². The molecule has 0 atom stereocenters. The Kier molecular flexibility index (Phi) is 6.75. The van der Waals surface area contributed by atoms with Crippen molar-refractivity contribution in [2.24, 2.45) is 0 Å². The Hall–Kier alpha value is -4.60. The fourth-order valence-electron chi connectivity index (χ4n) is 8.71. The first-order chi connectivity index (χ1) is 23.3. The van der Waals surface area contributed by atoms with Crippen molar-refractivity contribution in [3.63, 3.8) is 0 Å². The van der Waals surface area contributed by atoms with Crippen LogP contribution in [0.1, 0.15) is 76.0 Å². The van der Waals surface area contributed by atoms with Gasteiger partial charge < -0.3 is 4.90 Å². The lowest BCUT2D eigenvalue weighted by Crippen LogP contribution is -2.56. The average molecular weight is 638 g/mol. The molecule has 0 unspecified atom stereocenters. The van der Waals surface area contributed by atoms with Gasteiger partial charge in [-0.05, 0) is 98.0 Å². The first-order valence-electron chi connectivity index (χ1n) is 17.6. The van der Waals surface area contributed by atoms with Crippen molar-refractivity contribution in [1.29, 1.82) is 0 Å². The highest BCUT2D eigenvalue weighted by Crippen LogP contribution is 2.49. The third kappa shape index (κ3) is 4.16. The Labute approximate surface area is 289 Å². The van der Waals surface area contributed by atoms with Crippen LogP contribution in [0.15, 0.2) is 115 Å². The van der Waals surface area contributed by atoms with Crippen LogP contribution in [0.3, 0.4) is 0 Å². The molecule has 0 amide bonds. The van der Waals surface area contributed by atoms with Crippen molar-refractivity contribution in [2.45, 2.75) is 59.3 Å². The number of thiophene rings is 1. The fraction of sp³-hybridized carbons (Fsp3) is 0.200. The van der Waals surface area contributed by atoms with Crippen molar-refractivity contribution in [1.82, 2.24) is 0 Å². The van der Waals surface area contributed by atoms with Crippen LogP contribution < -0.4 is 21.3 Å². The van der Waals surface area contributed by atoms with Gasteiger partial charge in [-0.3, -0.25) is 0 Å². The van der Waals surface area contributed by atoms with Crippen molar-refractivity contribution < 1.29 is 0 Å². The van der Waals surface area contributed by atoms with Crippen LogP contribution in [0.25, 0.3) is 42.4 Å². The maximum atomic E-state index is 2.66. The predicted molar refractivity (Wildman–Crippen MR) is 212 cm³/mol. The number of hydrogen-bond acceptors (Lipinski definition) is 2. The molecule has 1 nitrogen and oxygen atoms in total. The lowest BCUT2D eigenvalue weighted by molar-refractivity contribution is 0.855. The number of fused-ring (bicyclic) bond motifs is 8. The molecule has 7 aromatic rings. The molecule has 0 aliphatic carbocycles. The molecule has 2 aliphatic rings. The first kappa shape index (κ1) is 29.5. The summed E-state index contributed by atoms with van der Waals surface area (Å²) < 4.78 is 2.69. The summed E-state index contributed by atoms with van der Waals surface area (Å²) in [5.74, 6) is 1.20. The van der Waals surface area contributed by atoms with Crippen molar-refractivity contribution in [3.8, 4) is 22.3 Å². The molecular formula is C45H40BNS. The van der Waals surface area contributed by atoms with Crippen molar-refractivity contribution in [3.05, 3.63) is 132 Å². The summed E-state index contributed by atoms with van der Waals surface area (Å²) >= 11 is 1.90. The summed E-state index contributed by atoms with van der Waals surface area (Å²) in [4.78, 5) is 2.66. The molecule has 9 rings (SSSR count). The minimum Gasteiger partial charge on any atom is -0.311 e. The van der Waals surface area contributed by atoms with Gasteiger partial charge in [-0.1, -0.05) is 132 Å². The number of anilines is 3. The van der Waals surface area contributed by atoms with Crippen LogP contribution in [0.4, 0.5) is 17.1 Å². The third-order valence-corrected chi connectivity index (χ3v) is 11.9. The fourth-order valence-corrected chi connectivity index (χ4v) is 9.84. The average Bonchev–Trinajstić information content (AvgIpc) is 3.65. The van der Waals surface area contributed by atoms with Gasteiger partial charge in [0.05, 0.1) is 0 Å². The second kappa shape index (κ2) is 11.0. The van der Waals surface area contributed by atoms with Crippen LogP contribution in [0.5, 0.6) is 0 Å². The summed E-state index contributed by atoms with van der Waals surface area (Å²) in [6.07, 6.45) is 0. The molecule has 2 aliphatic heterocycles. The Morgan fingerprint density at radius 1 is 0.521 bits per heavy atom. The predicted octanol–water partition coefficient (Wildman–Crippen LogP) is 11.4. The van der Waals surface area contributed by atoms with Crippen LogP contribution in [0.2, 0.25) is 0 Å². The molecule has 3 heteroatoms. The summed E-state index contributed by atoms with van der Waals surface area (Å²) in [7, 11) is 0. The Morgan fingerprint density at radius 2 is 1.17 bits per heavy atom. The maximum absolute atomic E-state index is 2.66. The van der Waals surface area contributed by atoms with E-state index < -0.39 is 0 Å². The summed E-state index contributed by atoms with van der Waals surface area (Å²) in [5.41, 5.74) is 18.0. The SMILES string of the molecule is CC(C)c1ccccc1N1c2cc(-c3cccc4sc5ccccc5c34)cc3c2B(c2cccc(C(C)C)c21)c1c-3cccc1C(C)C. The Balaban J connectivity index is 1.45. The van der Waals surface area contributed by atoms with Crippen LogP contribution in [0, 0.1) is 0 Å². The standard InChI is InChI=1S/C45H40BNS/c1-26(2)30-14-7-9-21-38(30)47-39-25-29(33-18-13-23-41-42(33)35-15-8-10-22-40(35)48-41)24-36-34-19-11-16-31(27(3)4)43(34)46(44(36)39)37-20-12-17-32(28(5)6)45(37)47/h7-28H,1-6H3. The molecule has 0 fully saturated rings. The van der Waals surface area contributed by atoms with Gasteiger partial charge in [0.1, 0.15) is 0 Å². The normalized spacial score (nSPS) is 13.3. The molecule has 0 spiro atoms. The zero-order chi connectivity index (χ0) is 32.8. The lowest BCUT2D eigenvalue weighted by atomic mass is 9.36. The van der Waals surface area contributed by atoms with Crippen LogP contribution in [-0.4, -0.2) is 6.71 Å². The molecule has 0 radical (unpaired) electrons. The van der Waals surface area contributed by atoms with Crippen LogP contribution in [-0.2, 0) is 0 Å². The highest BCUT2D eigenvalue weighted by Gasteiger charge is 2.45. The van der Waals surface area contributed by atoms with Gasteiger partial charge in [-0.25, -0.2) is 0 Å². The summed E-state index contributed by atoms with van der Waals surface area (Å²) in [6.45, 7) is 14.3. The zero-order valence-corrected chi connectivity index (χ0v) is 29.5. The van der Waals surface area contributed by atoms with Gasteiger partial charge in [0.15, 0.2) is 0 Å². The maximum Gasteiger partial charge on any atom is 0.248 e. The monoisotopic (exact) mass is 637 g/mol. The molecule has 0 N–H and O–H groups in total. The second-order valence-corrected chi connectivity index (χ2v) is 15.7. The quantitative estimate of drug-likeness (QED) is 0.170. The number of rotatable bonds is 5. The topological polar surface area (TPSA) is 3.24 Å². The molecule has 48 heavy (non-hydrogen) atoms. The van der Waals surface area contributed by atoms with Gasteiger partial charge in [0.2, 0.25) is 6.71 Å². The molecular weight excluding hydrogens is 597 g/mol. The zero-order valence-electron chi connectivity index (χ0n) is 28.6. The van der Waals surface area contributed by atoms with E-state index in [9.17, 15) is 0 Å². The van der Waals surface area contributed by atoms with E-state index in [4.69, 9.17) is 0 Å². The number of nitrogens with zero attached hydrogens (tertiary/aromatic N) is 1. The number of para-hydroxylation sites is 2.